The van der Waals surface area contributed by atoms with E-state index in [4.69, 9.17) is 4.74 Å². The van der Waals surface area contributed by atoms with Crippen LogP contribution in [0, 0.1) is 11.8 Å². The topological polar surface area (TPSA) is 149 Å². The zero-order chi connectivity index (χ0) is 32.5. The third-order valence-corrected chi connectivity index (χ3v) is 10.4. The van der Waals surface area contributed by atoms with Gasteiger partial charge in [0, 0.05) is 31.3 Å². The summed E-state index contributed by atoms with van der Waals surface area (Å²) in [4.78, 5) is 55.0. The first kappa shape index (κ1) is 35.0. The van der Waals surface area contributed by atoms with Crippen LogP contribution in [0.2, 0.25) is 0 Å². The number of rotatable bonds is 6. The maximum atomic E-state index is 13.7. The van der Waals surface area contributed by atoms with E-state index in [1.807, 2.05) is 56.9 Å². The molecule has 1 aromatic rings. The van der Waals surface area contributed by atoms with Crippen molar-refractivity contribution in [2.75, 3.05) is 32.0 Å². The Hall–Kier alpha value is -2.83. The van der Waals surface area contributed by atoms with Crippen LogP contribution in [-0.2, 0) is 25.6 Å². The molecule has 0 radical (unpaired) electrons. The maximum absolute atomic E-state index is 13.7. The van der Waals surface area contributed by atoms with E-state index in [-0.39, 0.29) is 53.7 Å². The Morgan fingerprint density at radius 3 is 2.44 bits per heavy atom. The second-order valence-corrected chi connectivity index (χ2v) is 14.4. The van der Waals surface area contributed by atoms with Crippen LogP contribution < -0.4 is 26.0 Å². The second kappa shape index (κ2) is 16.6. The molecule has 0 aromatic heterocycles. The molecular formula is C33H51N5O6S. The number of thioether (sulfide) groups is 1. The number of fused-ring (bicyclic) bond motifs is 14. The summed E-state index contributed by atoms with van der Waals surface area (Å²) in [5.74, 6) is 0.411. The van der Waals surface area contributed by atoms with Crippen molar-refractivity contribution in [1.29, 1.82) is 0 Å². The quantitative estimate of drug-likeness (QED) is 0.314. The third kappa shape index (κ3) is 9.83. The van der Waals surface area contributed by atoms with Gasteiger partial charge in [0.25, 0.3) is 0 Å². The van der Waals surface area contributed by atoms with Crippen molar-refractivity contribution < 1.29 is 29.0 Å². The van der Waals surface area contributed by atoms with Gasteiger partial charge in [-0.3, -0.25) is 24.1 Å². The smallest absolute Gasteiger partial charge is 0.243 e. The van der Waals surface area contributed by atoms with Crippen LogP contribution in [0.4, 0.5) is 0 Å². The van der Waals surface area contributed by atoms with Crippen molar-refractivity contribution in [3.05, 3.63) is 29.8 Å². The molecule has 0 spiro atoms. The van der Waals surface area contributed by atoms with Crippen LogP contribution in [0.15, 0.2) is 24.3 Å². The highest BCUT2D eigenvalue weighted by Crippen LogP contribution is 2.29. The van der Waals surface area contributed by atoms with E-state index >= 15 is 0 Å². The number of aliphatic hydroxyl groups excluding tert-OH is 1. The molecular weight excluding hydrogens is 594 g/mol. The van der Waals surface area contributed by atoms with Gasteiger partial charge in [0.2, 0.25) is 23.6 Å². The van der Waals surface area contributed by atoms with Gasteiger partial charge in [-0.2, -0.15) is 11.8 Å². The summed E-state index contributed by atoms with van der Waals surface area (Å²) in [6, 6.07) is 4.99. The number of carbonyl (C=O) groups is 4. The number of hydrogen-bond donors (Lipinski definition) is 5. The van der Waals surface area contributed by atoms with Gasteiger partial charge in [0.05, 0.1) is 24.8 Å². The van der Waals surface area contributed by atoms with Crippen LogP contribution in [-0.4, -0.2) is 101 Å². The highest BCUT2D eigenvalue weighted by atomic mass is 32.2. The van der Waals surface area contributed by atoms with Crippen LogP contribution in [0.5, 0.6) is 5.75 Å². The van der Waals surface area contributed by atoms with Gasteiger partial charge in [0.15, 0.2) is 0 Å². The normalized spacial score (nSPS) is 29.1. The minimum absolute atomic E-state index is 0.0297. The molecule has 2 fully saturated rings. The van der Waals surface area contributed by atoms with Crippen molar-refractivity contribution in [2.24, 2.45) is 11.8 Å². The van der Waals surface area contributed by atoms with Crippen LogP contribution in [0.3, 0.4) is 0 Å². The van der Waals surface area contributed by atoms with E-state index in [9.17, 15) is 24.3 Å². The number of β-amino-alcohol motifs (C(OH)–C–C–N with tert-alkyl or cyclic N) is 1. The lowest BCUT2D eigenvalue weighted by molar-refractivity contribution is -0.133. The molecule has 4 amide bonds. The molecule has 4 bridgehead atoms. The van der Waals surface area contributed by atoms with Gasteiger partial charge in [-0.15, -0.1) is 0 Å². The lowest BCUT2D eigenvalue weighted by atomic mass is 9.97. The van der Waals surface area contributed by atoms with Crippen LogP contribution in [0.1, 0.15) is 65.4 Å². The van der Waals surface area contributed by atoms with Crippen molar-refractivity contribution >= 4 is 35.4 Å². The average Bonchev–Trinajstić information content (AvgIpc) is 3.41. The molecule has 4 aliphatic heterocycles. The zero-order valence-electron chi connectivity index (χ0n) is 27.1. The van der Waals surface area contributed by atoms with E-state index in [0.29, 0.717) is 44.7 Å². The predicted molar refractivity (Wildman–Crippen MR) is 175 cm³/mol. The van der Waals surface area contributed by atoms with Crippen LogP contribution in [0.25, 0.3) is 0 Å². The van der Waals surface area contributed by atoms with Gasteiger partial charge in [-0.05, 0) is 61.0 Å². The highest BCUT2D eigenvalue weighted by molar-refractivity contribution is 7.99. The Labute approximate surface area is 271 Å². The number of nitrogens with zero attached hydrogens (tertiary/aromatic N) is 1. The molecule has 11 nitrogen and oxygen atoms in total. The molecule has 2 saturated heterocycles. The number of hydrogen-bond acceptors (Lipinski definition) is 8. The summed E-state index contributed by atoms with van der Waals surface area (Å²) in [5, 5.41) is 23.9. The van der Waals surface area contributed by atoms with E-state index in [0.717, 1.165) is 24.2 Å². The number of nitrogens with one attached hydrogen (secondary N) is 4. The Bertz CT molecular complexity index is 1170. The monoisotopic (exact) mass is 645 g/mol. The Morgan fingerprint density at radius 1 is 0.978 bits per heavy atom. The largest absolute Gasteiger partial charge is 0.494 e. The minimum atomic E-state index is -1.01. The first-order chi connectivity index (χ1) is 21.5. The Morgan fingerprint density at radius 2 is 1.73 bits per heavy atom. The van der Waals surface area contributed by atoms with Gasteiger partial charge < -0.3 is 31.1 Å². The van der Waals surface area contributed by atoms with E-state index in [1.165, 1.54) is 0 Å². The third-order valence-electron chi connectivity index (χ3n) is 9.11. The molecule has 4 heterocycles. The lowest BCUT2D eigenvalue weighted by Gasteiger charge is -2.33. The summed E-state index contributed by atoms with van der Waals surface area (Å²) < 4.78 is 5.80. The summed E-state index contributed by atoms with van der Waals surface area (Å²) in [7, 11) is 0. The van der Waals surface area contributed by atoms with Gasteiger partial charge in [-0.25, -0.2) is 0 Å². The number of amides is 4. The summed E-state index contributed by atoms with van der Waals surface area (Å²) in [6.45, 7) is 9.46. The predicted octanol–water partition coefficient (Wildman–Crippen LogP) is 1.62. The molecule has 45 heavy (non-hydrogen) atoms. The fraction of sp³-hybridized carbons (Fsp3) is 0.697. The average molecular weight is 646 g/mol. The number of benzene rings is 1. The molecule has 0 saturated carbocycles. The molecule has 7 unspecified atom stereocenters. The first-order valence-corrected chi connectivity index (χ1v) is 17.5. The summed E-state index contributed by atoms with van der Waals surface area (Å²) >= 11 is 1.79. The van der Waals surface area contributed by atoms with Gasteiger partial charge in [0.1, 0.15) is 17.8 Å². The van der Waals surface area contributed by atoms with Gasteiger partial charge in [-0.1, -0.05) is 46.2 Å². The number of ether oxygens (including phenoxy) is 1. The zero-order valence-corrected chi connectivity index (χ0v) is 27.9. The Kier molecular flexibility index (Phi) is 13.0. The SMILES string of the molecule is CCC(C)C1NC(=O)C2CC(CN2CC(O)C2Cc3ccc(cc3)OCCCC(=O)NC(C(C)C)C(=O)N2)SCCCNC1=O. The van der Waals surface area contributed by atoms with Crippen molar-refractivity contribution in [2.45, 2.75) is 102 Å². The number of aliphatic hydroxyl groups is 1. The molecule has 12 heteroatoms. The molecule has 5 rings (SSSR count). The molecule has 5 N–H and O–H groups in total. The van der Waals surface area contributed by atoms with Crippen molar-refractivity contribution in [3.63, 3.8) is 0 Å². The number of carbonyl (C=O) groups excluding carboxylic acids is 4. The van der Waals surface area contributed by atoms with E-state index in [1.54, 1.807) is 11.8 Å². The van der Waals surface area contributed by atoms with E-state index in [2.05, 4.69) is 21.3 Å². The summed E-state index contributed by atoms with van der Waals surface area (Å²) in [6.07, 6.45) is 2.31. The fourth-order valence-corrected chi connectivity index (χ4v) is 7.41. The Balaban J connectivity index is 1.56. The lowest BCUT2D eigenvalue weighted by Crippen LogP contribution is -2.58. The maximum Gasteiger partial charge on any atom is 0.243 e. The van der Waals surface area contributed by atoms with E-state index < -0.39 is 30.3 Å². The fourth-order valence-electron chi connectivity index (χ4n) is 6.15. The highest BCUT2D eigenvalue weighted by Gasteiger charge is 2.41. The molecule has 250 valence electrons. The molecule has 1 aromatic carbocycles. The van der Waals surface area contributed by atoms with Crippen molar-refractivity contribution in [1.82, 2.24) is 26.2 Å². The molecule has 4 aliphatic rings. The molecule has 7 atom stereocenters. The van der Waals surface area contributed by atoms with Crippen molar-refractivity contribution in [3.8, 4) is 5.75 Å². The van der Waals surface area contributed by atoms with Gasteiger partial charge >= 0.3 is 0 Å². The minimum Gasteiger partial charge on any atom is -0.494 e. The first-order valence-electron chi connectivity index (χ1n) is 16.5. The molecule has 0 aliphatic carbocycles. The standard InChI is InChI=1S/C33H51N5O6S/c1-5-21(4)30-32(42)34-13-7-15-45-24-17-26(31(41)37-30)38(18-24)19-27(39)25-16-22-9-11-23(12-10-22)44-14-6-8-28(40)36-29(20(2)3)33(43)35-25/h9-12,20-21,24-27,29-30,39H,5-8,13-19H2,1-4H3,(H,34,42)(H,35,43)(H,36,40)(H,37,41). The number of likely N-dealkylation sites (tertiary alicyclic amines) is 1. The summed E-state index contributed by atoms with van der Waals surface area (Å²) in [5.41, 5.74) is 0.914. The van der Waals surface area contributed by atoms with Crippen LogP contribution >= 0.6 is 11.8 Å². The second-order valence-electron chi connectivity index (χ2n) is 13.0.